The molecule has 152 valence electrons. The van der Waals surface area contributed by atoms with Crippen LogP contribution in [0.1, 0.15) is 19.4 Å². The number of halogens is 1. The molecule has 2 atom stereocenters. The second-order valence-corrected chi connectivity index (χ2v) is 11.4. The van der Waals surface area contributed by atoms with Crippen LogP contribution in [-0.2, 0) is 13.6 Å². The van der Waals surface area contributed by atoms with E-state index in [1.807, 2.05) is 44.4 Å². The van der Waals surface area contributed by atoms with Gasteiger partial charge in [0.15, 0.2) is 0 Å². The molecule has 0 saturated heterocycles. The van der Waals surface area contributed by atoms with E-state index in [4.69, 9.17) is 9.05 Å². The molecular weight excluding hydrogens is 484 g/mol. The van der Waals surface area contributed by atoms with Crippen LogP contribution in [0, 0.1) is 0 Å². The number of phosphoric ester groups is 1. The molecule has 11 heteroatoms. The van der Waals surface area contributed by atoms with E-state index in [-0.39, 0.29) is 9.41 Å². The molecule has 0 saturated carbocycles. The third-order valence-corrected chi connectivity index (χ3v) is 8.19. The first-order chi connectivity index (χ1) is 12.4. The van der Waals surface area contributed by atoms with Crippen LogP contribution in [0.2, 0.25) is 0 Å². The molecule has 0 fully saturated rings. The number of hydrogen-bond acceptors (Lipinski definition) is 6. The summed E-state index contributed by atoms with van der Waals surface area (Å²) in [5, 5.41) is 8.67. The van der Waals surface area contributed by atoms with Crippen molar-refractivity contribution in [3.05, 3.63) is 36.3 Å². The molecule has 1 aromatic rings. The Labute approximate surface area is 171 Å². The van der Waals surface area contributed by atoms with Gasteiger partial charge in [-0.2, -0.15) is 0 Å². The van der Waals surface area contributed by atoms with E-state index in [1.54, 1.807) is 26.2 Å². The molecule has 2 unspecified atom stereocenters. The number of likely N-dealkylation sites (N-methyl/N-ethyl adjacent to an activating group) is 1. The van der Waals surface area contributed by atoms with Gasteiger partial charge in [0.25, 0.3) is 0 Å². The quantitative estimate of drug-likeness (QED) is 0.163. The minimum atomic E-state index is -4.25. The Kier molecular flexibility index (Phi) is 6.94. The zero-order valence-corrected chi connectivity index (χ0v) is 19.6. The van der Waals surface area contributed by atoms with Gasteiger partial charge in [-0.15, -0.1) is 0 Å². The Morgan fingerprint density at radius 2 is 2.07 bits per heavy atom. The normalized spacial score (nSPS) is 22.7. The number of rotatable bonds is 9. The van der Waals surface area contributed by atoms with Crippen molar-refractivity contribution >= 4 is 13.5 Å². The number of hydrogen-bond donors (Lipinski definition) is 1. The average Bonchev–Trinajstić information content (AvgIpc) is 2.99. The zero-order valence-electron chi connectivity index (χ0n) is 16.5. The van der Waals surface area contributed by atoms with Crippen LogP contribution in [0.25, 0.3) is 5.70 Å². The first-order valence-electron chi connectivity index (χ1n) is 8.35. The zero-order chi connectivity index (χ0) is 20.3. The molecule has 27 heavy (non-hydrogen) atoms. The number of phosphoric acid groups is 1. The summed E-state index contributed by atoms with van der Waals surface area (Å²) < 4.78 is 23.9. The third-order valence-electron chi connectivity index (χ3n) is 3.90. The van der Waals surface area contributed by atoms with Crippen LogP contribution in [0.5, 0.6) is 0 Å². The van der Waals surface area contributed by atoms with Crippen LogP contribution in [0.3, 0.4) is 0 Å². The summed E-state index contributed by atoms with van der Waals surface area (Å²) in [6.07, 6.45) is 5.25. The maximum absolute atomic E-state index is 12.5. The van der Waals surface area contributed by atoms with Crippen molar-refractivity contribution < 1.29 is 47.3 Å². The Bertz CT molecular complexity index is 766. The topological polar surface area (TPSA) is 93.4 Å². The monoisotopic (exact) mass is 512 g/mol. The fraction of sp³-hybridized carbons (Fsp3) is 0.562. The molecule has 1 aliphatic heterocycles. The van der Waals surface area contributed by atoms with E-state index in [1.165, 1.54) is 0 Å². The summed E-state index contributed by atoms with van der Waals surface area (Å²) in [6, 6.07) is 3.72. The van der Waals surface area contributed by atoms with Crippen molar-refractivity contribution in [1.82, 2.24) is 4.98 Å². The van der Waals surface area contributed by atoms with Crippen LogP contribution in [0.15, 0.2) is 41.1 Å². The summed E-state index contributed by atoms with van der Waals surface area (Å²) in [6.45, 7) is 4.15. The first kappa shape index (κ1) is 22.5. The van der Waals surface area contributed by atoms with Gasteiger partial charge in [-0.1, -0.05) is 0 Å². The van der Waals surface area contributed by atoms with Gasteiger partial charge in [-0.25, -0.2) is 0 Å². The third kappa shape index (κ3) is 5.86. The molecule has 0 amide bonds. The van der Waals surface area contributed by atoms with Crippen molar-refractivity contribution in [2.45, 2.75) is 19.6 Å². The van der Waals surface area contributed by atoms with Crippen molar-refractivity contribution in [3.63, 3.8) is 0 Å². The predicted octanol–water partition coefficient (Wildman–Crippen LogP) is -0.213. The Morgan fingerprint density at radius 1 is 1.37 bits per heavy atom. The maximum atomic E-state index is 12.5. The number of nitrogens with zero attached hydrogens (tertiary/aromatic N) is 5. The van der Waals surface area contributed by atoms with E-state index < -0.39 is 35.0 Å². The summed E-state index contributed by atoms with van der Waals surface area (Å²) in [5.41, 5.74) is 0.386. The molecular formula is C16H28IN5O4P+. The number of quaternary nitrogens is 2. The van der Waals surface area contributed by atoms with Gasteiger partial charge in [0.05, 0.1) is 0 Å². The average molecular weight is 512 g/mol. The molecule has 1 N–H and O–H groups in total. The van der Waals surface area contributed by atoms with Crippen molar-refractivity contribution in [1.29, 1.82) is 0 Å². The van der Waals surface area contributed by atoms with Crippen LogP contribution < -0.4 is 21.5 Å². The van der Waals surface area contributed by atoms with Crippen molar-refractivity contribution in [3.8, 4) is 0 Å². The van der Waals surface area contributed by atoms with Gasteiger partial charge in [0, 0.05) is 0 Å². The molecule has 0 spiro atoms. The number of pyridine rings is 1. The van der Waals surface area contributed by atoms with Crippen LogP contribution in [0.4, 0.5) is 0 Å². The predicted molar refractivity (Wildman–Crippen MR) is 97.1 cm³/mol. The fourth-order valence-electron chi connectivity index (χ4n) is 2.32. The van der Waals surface area contributed by atoms with E-state index >= 15 is 0 Å². The first-order valence-corrected chi connectivity index (χ1v) is 13.0. The van der Waals surface area contributed by atoms with Gasteiger partial charge in [0.2, 0.25) is 0 Å². The Hall–Kier alpha value is -0.750. The van der Waals surface area contributed by atoms with E-state index in [0.717, 1.165) is 5.56 Å². The molecule has 0 bridgehead atoms. The van der Waals surface area contributed by atoms with Crippen molar-refractivity contribution in [2.75, 3.05) is 39.2 Å². The molecule has 1 aliphatic rings. The summed E-state index contributed by atoms with van der Waals surface area (Å²) in [5.74, 6) is 0. The van der Waals surface area contributed by atoms with Crippen molar-refractivity contribution in [2.24, 2.45) is 10.3 Å². The van der Waals surface area contributed by atoms with Gasteiger partial charge >= 0.3 is 171 Å². The molecule has 0 radical (unpaired) electrons. The SMILES string of the molecule is C[I-][N+]1(C(C)(C)OP(=O)(O)OCC[N+](C)(C)C)C=C(c2cccnc2)N=N1. The van der Waals surface area contributed by atoms with Gasteiger partial charge in [-0.3, -0.25) is 0 Å². The number of aromatic nitrogens is 1. The Balaban J connectivity index is 2.17. The van der Waals surface area contributed by atoms with E-state index in [2.05, 4.69) is 15.3 Å². The summed E-state index contributed by atoms with van der Waals surface area (Å²) in [4.78, 5) is 16.3. The van der Waals surface area contributed by atoms with Crippen LogP contribution in [-0.4, -0.2) is 62.1 Å². The van der Waals surface area contributed by atoms with Gasteiger partial charge in [-0.05, 0) is 0 Å². The molecule has 2 heterocycles. The van der Waals surface area contributed by atoms with Crippen LogP contribution >= 0.6 is 7.82 Å². The van der Waals surface area contributed by atoms with E-state index in [9.17, 15) is 9.46 Å². The fourth-order valence-corrected chi connectivity index (χ4v) is 5.62. The second kappa shape index (κ2) is 8.32. The molecule has 2 rings (SSSR count). The standard InChI is InChI=1S/C16H27IN5O4P/c1-16(2,26-27(23,24)25-11-10-21(4,5)6)22(17-3)13-15(19-20-22)14-8-7-9-18-12-14/h7-9,12-13H,10-11H2,1-6H3/p+1. The van der Waals surface area contributed by atoms with Gasteiger partial charge in [0.1, 0.15) is 0 Å². The minimum absolute atomic E-state index is 0.0271. The molecule has 9 nitrogen and oxygen atoms in total. The van der Waals surface area contributed by atoms with E-state index in [0.29, 0.717) is 16.7 Å². The molecule has 0 aliphatic carbocycles. The summed E-state index contributed by atoms with van der Waals surface area (Å²) in [7, 11) is 1.69. The molecule has 1 aromatic heterocycles. The molecule has 0 aromatic carbocycles. The Morgan fingerprint density at radius 3 is 2.63 bits per heavy atom. The summed E-state index contributed by atoms with van der Waals surface area (Å²) >= 11 is -0.615. The second-order valence-electron chi connectivity index (χ2n) is 7.57. The number of alkyl halides is 1. The van der Waals surface area contributed by atoms with Gasteiger partial charge < -0.3 is 0 Å².